The summed E-state index contributed by atoms with van der Waals surface area (Å²) in [6.07, 6.45) is 0. The fraction of sp³-hybridized carbons (Fsp3) is 0.417. The summed E-state index contributed by atoms with van der Waals surface area (Å²) in [5.74, 6) is -0.264. The molecule has 0 amide bonds. The van der Waals surface area contributed by atoms with Gasteiger partial charge < -0.3 is 5.32 Å². The van der Waals surface area contributed by atoms with Crippen LogP contribution in [0.1, 0.15) is 19.4 Å². The van der Waals surface area contributed by atoms with Crippen LogP contribution in [-0.2, 0) is 11.3 Å². The van der Waals surface area contributed by atoms with Gasteiger partial charge in [0.25, 0.3) is 0 Å². The monoisotopic (exact) mass is 243 g/mol. The van der Waals surface area contributed by atoms with Crippen molar-refractivity contribution < 1.29 is 9.18 Å². The van der Waals surface area contributed by atoms with Gasteiger partial charge in [0.1, 0.15) is 11.6 Å². The standard InChI is InChI=1S/C12H15ClFNO/c1-8(2)12(16)7-15-6-9-3-4-10(13)11(14)5-9/h3-5,8,15H,6-7H2,1-2H3. The Morgan fingerprint density at radius 3 is 2.75 bits per heavy atom. The van der Waals surface area contributed by atoms with Gasteiger partial charge in [-0.2, -0.15) is 0 Å². The normalized spacial score (nSPS) is 10.8. The van der Waals surface area contributed by atoms with Crippen molar-refractivity contribution in [1.82, 2.24) is 5.32 Å². The Hall–Kier alpha value is -0.930. The van der Waals surface area contributed by atoms with Gasteiger partial charge in [-0.3, -0.25) is 4.79 Å². The molecule has 0 bridgehead atoms. The number of rotatable bonds is 5. The van der Waals surface area contributed by atoms with Crippen LogP contribution in [0.3, 0.4) is 0 Å². The second-order valence-corrected chi connectivity index (χ2v) is 4.38. The molecule has 0 heterocycles. The van der Waals surface area contributed by atoms with E-state index in [1.165, 1.54) is 12.1 Å². The van der Waals surface area contributed by atoms with Gasteiger partial charge in [0.15, 0.2) is 0 Å². The lowest BCUT2D eigenvalue weighted by Crippen LogP contribution is -2.25. The molecule has 2 nitrogen and oxygen atoms in total. The van der Waals surface area contributed by atoms with Crippen LogP contribution in [0.25, 0.3) is 0 Å². The van der Waals surface area contributed by atoms with Crippen molar-refractivity contribution >= 4 is 17.4 Å². The molecule has 0 aliphatic carbocycles. The first-order valence-corrected chi connectivity index (χ1v) is 5.56. The summed E-state index contributed by atoms with van der Waals surface area (Å²) in [5, 5.41) is 3.08. The molecule has 0 aliphatic heterocycles. The number of hydrogen-bond acceptors (Lipinski definition) is 2. The Kier molecular flexibility index (Phi) is 4.90. The minimum absolute atomic E-state index is 0.0226. The summed E-state index contributed by atoms with van der Waals surface area (Å²) in [5.41, 5.74) is 0.776. The van der Waals surface area contributed by atoms with E-state index in [2.05, 4.69) is 5.32 Å². The van der Waals surface area contributed by atoms with Crippen LogP contribution in [-0.4, -0.2) is 12.3 Å². The van der Waals surface area contributed by atoms with E-state index in [1.807, 2.05) is 13.8 Å². The van der Waals surface area contributed by atoms with Gasteiger partial charge in [-0.15, -0.1) is 0 Å². The Bertz CT molecular complexity index is 379. The van der Waals surface area contributed by atoms with E-state index in [-0.39, 0.29) is 16.7 Å². The number of nitrogens with one attached hydrogen (secondary N) is 1. The molecule has 0 saturated heterocycles. The number of benzene rings is 1. The van der Waals surface area contributed by atoms with E-state index < -0.39 is 5.82 Å². The number of Topliss-reactive ketones (excluding diaryl/α,β-unsaturated/α-hetero) is 1. The number of ketones is 1. The second kappa shape index (κ2) is 5.97. The lowest BCUT2D eigenvalue weighted by atomic mass is 10.1. The van der Waals surface area contributed by atoms with Crippen molar-refractivity contribution in [3.8, 4) is 0 Å². The molecule has 1 aromatic carbocycles. The summed E-state index contributed by atoms with van der Waals surface area (Å²) >= 11 is 5.56. The highest BCUT2D eigenvalue weighted by Gasteiger charge is 2.06. The van der Waals surface area contributed by atoms with Crippen LogP contribution in [0, 0.1) is 11.7 Å². The van der Waals surface area contributed by atoms with Crippen LogP contribution < -0.4 is 5.32 Å². The molecule has 88 valence electrons. The molecule has 4 heteroatoms. The van der Waals surface area contributed by atoms with Gasteiger partial charge in [0, 0.05) is 12.5 Å². The maximum Gasteiger partial charge on any atom is 0.149 e. The smallest absolute Gasteiger partial charge is 0.149 e. The van der Waals surface area contributed by atoms with Gasteiger partial charge in [-0.25, -0.2) is 4.39 Å². The van der Waals surface area contributed by atoms with Crippen molar-refractivity contribution in [3.05, 3.63) is 34.6 Å². The van der Waals surface area contributed by atoms with Crippen LogP contribution in [0.4, 0.5) is 4.39 Å². The zero-order valence-electron chi connectivity index (χ0n) is 9.39. The van der Waals surface area contributed by atoms with Gasteiger partial charge in [0.05, 0.1) is 11.6 Å². The SMILES string of the molecule is CC(C)C(=O)CNCc1ccc(Cl)c(F)c1. The number of carbonyl (C=O) groups excluding carboxylic acids is 1. The molecule has 0 aromatic heterocycles. The summed E-state index contributed by atoms with van der Waals surface area (Å²) in [7, 11) is 0. The van der Waals surface area contributed by atoms with Crippen molar-refractivity contribution in [2.45, 2.75) is 20.4 Å². The number of halogens is 2. The third-order valence-corrected chi connectivity index (χ3v) is 2.56. The number of hydrogen-bond donors (Lipinski definition) is 1. The van der Waals surface area contributed by atoms with Crippen molar-refractivity contribution in [2.75, 3.05) is 6.54 Å². The second-order valence-electron chi connectivity index (χ2n) is 3.97. The predicted molar refractivity (Wildman–Crippen MR) is 63.0 cm³/mol. The molecular formula is C12H15ClFNO. The molecule has 0 spiro atoms. The maximum absolute atomic E-state index is 13.1. The highest BCUT2D eigenvalue weighted by atomic mass is 35.5. The molecule has 1 N–H and O–H groups in total. The van der Waals surface area contributed by atoms with Crippen molar-refractivity contribution in [3.63, 3.8) is 0 Å². The molecule has 0 unspecified atom stereocenters. The molecule has 0 radical (unpaired) electrons. The maximum atomic E-state index is 13.1. The molecule has 0 aliphatic rings. The third kappa shape index (κ3) is 3.91. The Labute approximate surface area is 99.8 Å². The van der Waals surface area contributed by atoms with E-state index in [9.17, 15) is 9.18 Å². The average Bonchev–Trinajstić information content (AvgIpc) is 2.23. The number of carbonyl (C=O) groups is 1. The summed E-state index contributed by atoms with van der Waals surface area (Å²) in [4.78, 5) is 11.3. The Morgan fingerprint density at radius 1 is 1.50 bits per heavy atom. The highest BCUT2D eigenvalue weighted by molar-refractivity contribution is 6.30. The topological polar surface area (TPSA) is 29.1 Å². The van der Waals surface area contributed by atoms with Gasteiger partial charge in [0.2, 0.25) is 0 Å². The van der Waals surface area contributed by atoms with E-state index in [1.54, 1.807) is 6.07 Å². The Balaban J connectivity index is 2.43. The minimum atomic E-state index is -0.434. The van der Waals surface area contributed by atoms with E-state index in [0.29, 0.717) is 13.1 Å². The summed E-state index contributed by atoms with van der Waals surface area (Å²) < 4.78 is 13.1. The summed E-state index contributed by atoms with van der Waals surface area (Å²) in [6.45, 7) is 4.48. The molecule has 1 aromatic rings. The third-order valence-electron chi connectivity index (χ3n) is 2.26. The Morgan fingerprint density at radius 2 is 2.19 bits per heavy atom. The minimum Gasteiger partial charge on any atom is -0.306 e. The zero-order valence-corrected chi connectivity index (χ0v) is 10.1. The first-order chi connectivity index (χ1) is 7.50. The molecule has 0 fully saturated rings. The van der Waals surface area contributed by atoms with E-state index >= 15 is 0 Å². The van der Waals surface area contributed by atoms with Crippen LogP contribution in [0.2, 0.25) is 5.02 Å². The average molecular weight is 244 g/mol. The van der Waals surface area contributed by atoms with Crippen LogP contribution >= 0.6 is 11.6 Å². The van der Waals surface area contributed by atoms with Gasteiger partial charge in [-0.1, -0.05) is 31.5 Å². The summed E-state index contributed by atoms with van der Waals surface area (Å²) in [6, 6.07) is 4.62. The molecule has 0 saturated carbocycles. The predicted octanol–water partition coefficient (Wildman–Crippen LogP) is 2.79. The van der Waals surface area contributed by atoms with Crippen LogP contribution in [0.15, 0.2) is 18.2 Å². The van der Waals surface area contributed by atoms with Crippen molar-refractivity contribution in [2.24, 2.45) is 5.92 Å². The lowest BCUT2D eigenvalue weighted by molar-refractivity contribution is -0.121. The fourth-order valence-corrected chi connectivity index (χ4v) is 1.30. The first-order valence-electron chi connectivity index (χ1n) is 5.18. The van der Waals surface area contributed by atoms with Gasteiger partial charge >= 0.3 is 0 Å². The largest absolute Gasteiger partial charge is 0.306 e. The molecular weight excluding hydrogens is 229 g/mol. The quantitative estimate of drug-likeness (QED) is 0.862. The first kappa shape index (κ1) is 13.1. The van der Waals surface area contributed by atoms with Crippen LogP contribution in [0.5, 0.6) is 0 Å². The fourth-order valence-electron chi connectivity index (χ4n) is 1.18. The van der Waals surface area contributed by atoms with E-state index in [4.69, 9.17) is 11.6 Å². The lowest BCUT2D eigenvalue weighted by Gasteiger charge is -2.06. The zero-order chi connectivity index (χ0) is 12.1. The molecule has 1 rings (SSSR count). The highest BCUT2D eigenvalue weighted by Crippen LogP contribution is 2.15. The van der Waals surface area contributed by atoms with E-state index in [0.717, 1.165) is 5.56 Å². The molecule has 0 atom stereocenters. The van der Waals surface area contributed by atoms with Crippen molar-refractivity contribution in [1.29, 1.82) is 0 Å². The molecule has 16 heavy (non-hydrogen) atoms. The van der Waals surface area contributed by atoms with Gasteiger partial charge in [-0.05, 0) is 17.7 Å².